The molecule has 0 aromatic rings. The zero-order valence-electron chi connectivity index (χ0n) is 11.9. The normalized spacial score (nSPS) is 22.9. The lowest BCUT2D eigenvalue weighted by Crippen LogP contribution is -2.49. The summed E-state index contributed by atoms with van der Waals surface area (Å²) in [4.78, 5) is 11.4. The van der Waals surface area contributed by atoms with E-state index in [9.17, 15) is 9.90 Å². The number of ether oxygens (including phenoxy) is 1. The Morgan fingerprint density at radius 2 is 1.94 bits per heavy atom. The largest absolute Gasteiger partial charge is 0.467 e. The van der Waals surface area contributed by atoms with Gasteiger partial charge in [-0.2, -0.15) is 0 Å². The van der Waals surface area contributed by atoms with E-state index in [-0.39, 0.29) is 6.54 Å². The van der Waals surface area contributed by atoms with Crippen LogP contribution in [0.5, 0.6) is 0 Å². The SMILES string of the molecule is COC(=O)C(C)(O)CN[C@H](C)C1CCCCCC1. The van der Waals surface area contributed by atoms with Crippen molar-refractivity contribution >= 4 is 5.97 Å². The van der Waals surface area contributed by atoms with E-state index in [1.165, 1.54) is 52.6 Å². The second-order valence-corrected chi connectivity index (χ2v) is 5.69. The van der Waals surface area contributed by atoms with Crippen LogP contribution in [0.1, 0.15) is 52.4 Å². The van der Waals surface area contributed by atoms with Crippen molar-refractivity contribution in [3.05, 3.63) is 0 Å². The third-order valence-electron chi connectivity index (χ3n) is 4.00. The molecule has 1 unspecified atom stereocenters. The molecule has 2 N–H and O–H groups in total. The van der Waals surface area contributed by atoms with Gasteiger partial charge in [-0.15, -0.1) is 0 Å². The molecule has 0 spiro atoms. The molecule has 1 rings (SSSR count). The number of nitrogens with one attached hydrogen (secondary N) is 1. The van der Waals surface area contributed by atoms with Gasteiger partial charge in [0.25, 0.3) is 0 Å². The smallest absolute Gasteiger partial charge is 0.338 e. The Kier molecular flexibility index (Phi) is 6.09. The van der Waals surface area contributed by atoms with Gasteiger partial charge in [-0.25, -0.2) is 4.79 Å². The van der Waals surface area contributed by atoms with E-state index in [0.29, 0.717) is 12.0 Å². The maximum absolute atomic E-state index is 11.4. The lowest BCUT2D eigenvalue weighted by molar-refractivity contribution is -0.160. The second-order valence-electron chi connectivity index (χ2n) is 5.69. The summed E-state index contributed by atoms with van der Waals surface area (Å²) in [5.74, 6) is 0.0732. The lowest BCUT2D eigenvalue weighted by Gasteiger charge is -2.28. The molecule has 1 aliphatic carbocycles. The molecule has 18 heavy (non-hydrogen) atoms. The molecule has 0 aromatic heterocycles. The zero-order chi connectivity index (χ0) is 13.6. The van der Waals surface area contributed by atoms with Crippen LogP contribution in [-0.4, -0.2) is 36.4 Å². The number of carbonyl (C=O) groups is 1. The summed E-state index contributed by atoms with van der Waals surface area (Å²) >= 11 is 0. The predicted octanol–water partition coefficient (Wildman–Crippen LogP) is 1.86. The molecular formula is C14H27NO3. The van der Waals surface area contributed by atoms with Gasteiger partial charge in [-0.05, 0) is 32.6 Å². The number of hydrogen-bond acceptors (Lipinski definition) is 4. The first-order valence-corrected chi connectivity index (χ1v) is 7.01. The van der Waals surface area contributed by atoms with Crippen LogP contribution in [0.4, 0.5) is 0 Å². The fourth-order valence-corrected chi connectivity index (χ4v) is 2.63. The quantitative estimate of drug-likeness (QED) is 0.583. The summed E-state index contributed by atoms with van der Waals surface area (Å²) in [6.45, 7) is 3.88. The molecule has 0 aliphatic heterocycles. The molecule has 0 aromatic carbocycles. The molecule has 0 saturated heterocycles. The van der Waals surface area contributed by atoms with Gasteiger partial charge in [0.2, 0.25) is 0 Å². The number of esters is 1. The molecular weight excluding hydrogens is 230 g/mol. The van der Waals surface area contributed by atoms with E-state index in [1.54, 1.807) is 0 Å². The third kappa shape index (κ3) is 4.58. The van der Waals surface area contributed by atoms with Crippen LogP contribution >= 0.6 is 0 Å². The highest BCUT2D eigenvalue weighted by atomic mass is 16.5. The van der Waals surface area contributed by atoms with Crippen LogP contribution in [-0.2, 0) is 9.53 Å². The summed E-state index contributed by atoms with van der Waals surface area (Å²) in [7, 11) is 1.30. The van der Waals surface area contributed by atoms with Crippen LogP contribution in [0.15, 0.2) is 0 Å². The minimum Gasteiger partial charge on any atom is -0.467 e. The summed E-state index contributed by atoms with van der Waals surface area (Å²) in [5.41, 5.74) is -1.44. The maximum Gasteiger partial charge on any atom is 0.338 e. The van der Waals surface area contributed by atoms with E-state index in [2.05, 4.69) is 17.0 Å². The van der Waals surface area contributed by atoms with Crippen molar-refractivity contribution in [3.8, 4) is 0 Å². The topological polar surface area (TPSA) is 58.6 Å². The Labute approximate surface area is 110 Å². The molecule has 4 nitrogen and oxygen atoms in total. The fourth-order valence-electron chi connectivity index (χ4n) is 2.63. The summed E-state index contributed by atoms with van der Waals surface area (Å²) in [6.07, 6.45) is 7.75. The average Bonchev–Trinajstić information content (AvgIpc) is 2.63. The van der Waals surface area contributed by atoms with Gasteiger partial charge in [0.1, 0.15) is 0 Å². The van der Waals surface area contributed by atoms with Gasteiger partial charge in [0, 0.05) is 12.6 Å². The predicted molar refractivity (Wildman–Crippen MR) is 71.3 cm³/mol. The molecule has 106 valence electrons. The van der Waals surface area contributed by atoms with Crippen LogP contribution in [0, 0.1) is 5.92 Å². The van der Waals surface area contributed by atoms with Crippen molar-refractivity contribution < 1.29 is 14.6 Å². The van der Waals surface area contributed by atoms with E-state index in [4.69, 9.17) is 0 Å². The summed E-state index contributed by atoms with van der Waals surface area (Å²) in [5, 5.41) is 13.2. The van der Waals surface area contributed by atoms with Gasteiger partial charge in [0.15, 0.2) is 5.60 Å². The van der Waals surface area contributed by atoms with E-state index >= 15 is 0 Å². The van der Waals surface area contributed by atoms with E-state index in [1.807, 2.05) is 0 Å². The Morgan fingerprint density at radius 1 is 1.39 bits per heavy atom. The molecule has 1 aliphatic rings. The molecule has 4 heteroatoms. The molecule has 0 heterocycles. The fraction of sp³-hybridized carbons (Fsp3) is 0.929. The molecule has 2 atom stereocenters. The molecule has 1 saturated carbocycles. The maximum atomic E-state index is 11.4. The lowest BCUT2D eigenvalue weighted by atomic mass is 9.92. The third-order valence-corrected chi connectivity index (χ3v) is 4.00. The number of hydrogen-bond donors (Lipinski definition) is 2. The van der Waals surface area contributed by atoms with Gasteiger partial charge in [-0.1, -0.05) is 25.7 Å². The van der Waals surface area contributed by atoms with Crippen molar-refractivity contribution in [1.29, 1.82) is 0 Å². The van der Waals surface area contributed by atoms with E-state index in [0.717, 1.165) is 0 Å². The summed E-state index contributed by atoms with van der Waals surface area (Å²) < 4.78 is 4.58. The van der Waals surface area contributed by atoms with Crippen LogP contribution in [0.2, 0.25) is 0 Å². The number of aliphatic hydroxyl groups is 1. The highest BCUT2D eigenvalue weighted by Gasteiger charge is 2.32. The average molecular weight is 257 g/mol. The van der Waals surface area contributed by atoms with Crippen molar-refractivity contribution in [1.82, 2.24) is 5.32 Å². The van der Waals surface area contributed by atoms with E-state index < -0.39 is 11.6 Å². The molecule has 0 amide bonds. The Balaban J connectivity index is 2.39. The second kappa shape index (κ2) is 7.10. The first-order valence-electron chi connectivity index (χ1n) is 7.01. The Morgan fingerprint density at radius 3 is 2.44 bits per heavy atom. The molecule has 0 radical (unpaired) electrons. The number of carbonyl (C=O) groups excluding carboxylic acids is 1. The molecule has 0 bridgehead atoms. The van der Waals surface area contributed by atoms with Crippen LogP contribution in [0.3, 0.4) is 0 Å². The highest BCUT2D eigenvalue weighted by molar-refractivity contribution is 5.78. The Bertz CT molecular complexity index is 258. The van der Waals surface area contributed by atoms with Crippen molar-refractivity contribution in [3.63, 3.8) is 0 Å². The standard InChI is InChI=1S/C14H27NO3/c1-11(12-8-6-4-5-7-9-12)15-10-14(2,17)13(16)18-3/h11-12,15,17H,4-10H2,1-3H3/t11-,14?/m1/s1. The zero-order valence-corrected chi connectivity index (χ0v) is 11.9. The summed E-state index contributed by atoms with van der Waals surface area (Å²) in [6, 6.07) is 0.333. The Hall–Kier alpha value is -0.610. The number of rotatable bonds is 5. The van der Waals surface area contributed by atoms with Crippen LogP contribution in [0.25, 0.3) is 0 Å². The van der Waals surface area contributed by atoms with Gasteiger partial charge in [0.05, 0.1) is 7.11 Å². The van der Waals surface area contributed by atoms with Gasteiger partial charge < -0.3 is 15.2 Å². The van der Waals surface area contributed by atoms with Crippen molar-refractivity contribution in [2.45, 2.75) is 64.0 Å². The first kappa shape index (κ1) is 15.4. The minimum absolute atomic E-state index is 0.247. The molecule has 1 fully saturated rings. The van der Waals surface area contributed by atoms with Crippen molar-refractivity contribution in [2.75, 3.05) is 13.7 Å². The minimum atomic E-state index is -1.44. The van der Waals surface area contributed by atoms with Gasteiger partial charge >= 0.3 is 5.97 Å². The van der Waals surface area contributed by atoms with Crippen LogP contribution < -0.4 is 5.32 Å². The number of methoxy groups -OCH3 is 1. The van der Waals surface area contributed by atoms with Crippen molar-refractivity contribution in [2.24, 2.45) is 5.92 Å². The monoisotopic (exact) mass is 257 g/mol. The highest BCUT2D eigenvalue weighted by Crippen LogP contribution is 2.25. The first-order chi connectivity index (χ1) is 8.47. The van der Waals surface area contributed by atoms with Gasteiger partial charge in [-0.3, -0.25) is 0 Å².